The monoisotopic (exact) mass is 338 g/mol. The maximum Gasteiger partial charge on any atom is 0.258 e. The van der Waals surface area contributed by atoms with E-state index in [4.69, 9.17) is 9.47 Å². The van der Waals surface area contributed by atoms with Crippen LogP contribution in [0, 0.1) is 0 Å². The minimum absolute atomic E-state index is 0.271. The minimum atomic E-state index is -0.271. The summed E-state index contributed by atoms with van der Waals surface area (Å²) in [5, 5.41) is 6.90. The van der Waals surface area contributed by atoms with Crippen molar-refractivity contribution in [3.05, 3.63) is 60.6 Å². The van der Waals surface area contributed by atoms with Gasteiger partial charge in [0.2, 0.25) is 5.88 Å². The van der Waals surface area contributed by atoms with E-state index in [0.717, 1.165) is 5.75 Å². The summed E-state index contributed by atoms with van der Waals surface area (Å²) in [4.78, 5) is 16.6. The zero-order chi connectivity index (χ0) is 17.6. The lowest BCUT2D eigenvalue weighted by Gasteiger charge is -2.11. The lowest BCUT2D eigenvalue weighted by molar-refractivity contribution is 0.102. The number of rotatable bonds is 6. The highest BCUT2D eigenvalue weighted by Crippen LogP contribution is 2.28. The van der Waals surface area contributed by atoms with Gasteiger partial charge in [0.1, 0.15) is 17.2 Å². The van der Waals surface area contributed by atoms with E-state index in [1.54, 1.807) is 60.6 Å². The van der Waals surface area contributed by atoms with E-state index in [0.29, 0.717) is 29.4 Å². The first-order valence-corrected chi connectivity index (χ1v) is 7.80. The van der Waals surface area contributed by atoms with E-state index in [2.05, 4.69) is 15.4 Å². The third kappa shape index (κ3) is 3.95. The molecule has 0 aliphatic carbocycles. The van der Waals surface area contributed by atoms with Crippen molar-refractivity contribution in [2.24, 2.45) is 0 Å². The fourth-order valence-electron chi connectivity index (χ4n) is 2.17. The normalized spacial score (nSPS) is 10.3. The van der Waals surface area contributed by atoms with Gasteiger partial charge in [0.15, 0.2) is 0 Å². The summed E-state index contributed by atoms with van der Waals surface area (Å²) in [5.74, 6) is 1.36. The largest absolute Gasteiger partial charge is 0.497 e. The molecule has 7 heteroatoms. The predicted octanol–water partition coefficient (Wildman–Crippen LogP) is 3.35. The number of methoxy groups -OCH3 is 1. The van der Waals surface area contributed by atoms with E-state index in [-0.39, 0.29) is 5.91 Å². The molecule has 7 nitrogen and oxygen atoms in total. The van der Waals surface area contributed by atoms with Gasteiger partial charge in [-0.2, -0.15) is 5.10 Å². The molecule has 0 radical (unpaired) electrons. The van der Waals surface area contributed by atoms with Gasteiger partial charge >= 0.3 is 0 Å². The smallest absolute Gasteiger partial charge is 0.258 e. The van der Waals surface area contributed by atoms with Gasteiger partial charge in [0.05, 0.1) is 18.9 Å². The van der Waals surface area contributed by atoms with Crippen LogP contribution in [-0.2, 0) is 6.54 Å². The number of anilines is 1. The average Bonchev–Trinajstić information content (AvgIpc) is 3.13. The Morgan fingerprint density at radius 1 is 1.20 bits per heavy atom. The Morgan fingerprint density at radius 2 is 1.96 bits per heavy atom. The maximum absolute atomic E-state index is 12.4. The van der Waals surface area contributed by atoms with Gasteiger partial charge in [-0.25, -0.2) is 4.98 Å². The molecule has 3 rings (SSSR count). The first kappa shape index (κ1) is 16.5. The number of aryl methyl sites for hydroxylation is 1. The topological polar surface area (TPSA) is 78.3 Å². The molecule has 0 aliphatic heterocycles. The number of nitrogens with one attached hydrogen (secondary N) is 1. The Morgan fingerprint density at radius 3 is 2.64 bits per heavy atom. The van der Waals surface area contributed by atoms with Crippen LogP contribution in [0.4, 0.5) is 5.69 Å². The number of carbonyl (C=O) groups is 1. The van der Waals surface area contributed by atoms with Gasteiger partial charge in [0, 0.05) is 18.9 Å². The Balaban J connectivity index is 1.76. The number of nitrogens with zero attached hydrogens (tertiary/aromatic N) is 3. The van der Waals surface area contributed by atoms with Crippen molar-refractivity contribution in [2.75, 3.05) is 12.4 Å². The number of aromatic nitrogens is 3. The molecule has 2 heterocycles. The standard InChI is InChI=1S/C18H18N4O3/c1-3-22-12-13(11-20-22)17(23)21-16-5-4-10-19-18(16)25-15-8-6-14(24-2)7-9-15/h4-12H,3H2,1-2H3,(H,21,23). The van der Waals surface area contributed by atoms with Gasteiger partial charge in [-0.15, -0.1) is 0 Å². The highest BCUT2D eigenvalue weighted by atomic mass is 16.5. The lowest BCUT2D eigenvalue weighted by atomic mass is 10.3. The summed E-state index contributed by atoms with van der Waals surface area (Å²) < 4.78 is 12.6. The molecular formula is C18H18N4O3. The second kappa shape index (κ2) is 7.48. The van der Waals surface area contributed by atoms with Crippen LogP contribution in [-0.4, -0.2) is 27.8 Å². The lowest BCUT2D eigenvalue weighted by Crippen LogP contribution is -2.12. The molecular weight excluding hydrogens is 320 g/mol. The molecule has 0 saturated heterocycles. The van der Waals surface area contributed by atoms with Crippen LogP contribution >= 0.6 is 0 Å². The van der Waals surface area contributed by atoms with E-state index in [1.807, 2.05) is 6.92 Å². The van der Waals surface area contributed by atoms with Crippen molar-refractivity contribution in [1.82, 2.24) is 14.8 Å². The van der Waals surface area contributed by atoms with Crippen molar-refractivity contribution in [2.45, 2.75) is 13.5 Å². The van der Waals surface area contributed by atoms with Crippen molar-refractivity contribution in [3.8, 4) is 17.4 Å². The summed E-state index contributed by atoms with van der Waals surface area (Å²) >= 11 is 0. The molecule has 25 heavy (non-hydrogen) atoms. The number of amides is 1. The molecule has 1 aromatic carbocycles. The quantitative estimate of drug-likeness (QED) is 0.746. The van der Waals surface area contributed by atoms with Crippen LogP contribution in [0.2, 0.25) is 0 Å². The highest BCUT2D eigenvalue weighted by Gasteiger charge is 2.13. The van der Waals surface area contributed by atoms with E-state index in [1.165, 1.54) is 6.20 Å². The van der Waals surface area contributed by atoms with E-state index >= 15 is 0 Å². The van der Waals surface area contributed by atoms with E-state index in [9.17, 15) is 4.79 Å². The molecule has 0 fully saturated rings. The Hall–Kier alpha value is -3.35. The average molecular weight is 338 g/mol. The number of benzene rings is 1. The van der Waals surface area contributed by atoms with Gasteiger partial charge in [-0.3, -0.25) is 9.48 Å². The number of hydrogen-bond acceptors (Lipinski definition) is 5. The van der Waals surface area contributed by atoms with Crippen LogP contribution in [0.1, 0.15) is 17.3 Å². The molecule has 0 spiro atoms. The van der Waals surface area contributed by atoms with Gasteiger partial charge in [-0.1, -0.05) is 0 Å². The third-order valence-electron chi connectivity index (χ3n) is 3.51. The second-order valence-corrected chi connectivity index (χ2v) is 5.17. The molecule has 3 aromatic rings. The summed E-state index contributed by atoms with van der Waals surface area (Å²) in [6.45, 7) is 2.66. The minimum Gasteiger partial charge on any atom is -0.497 e. The summed E-state index contributed by atoms with van der Waals surface area (Å²) in [7, 11) is 1.60. The van der Waals surface area contributed by atoms with Crippen LogP contribution < -0.4 is 14.8 Å². The maximum atomic E-state index is 12.4. The van der Waals surface area contributed by atoms with Crippen LogP contribution in [0.3, 0.4) is 0 Å². The van der Waals surface area contributed by atoms with Crippen molar-refractivity contribution in [3.63, 3.8) is 0 Å². The molecule has 0 bridgehead atoms. The summed E-state index contributed by atoms with van der Waals surface area (Å²) in [5.41, 5.74) is 0.952. The first-order valence-electron chi connectivity index (χ1n) is 7.80. The van der Waals surface area contributed by atoms with Gasteiger partial charge in [-0.05, 0) is 43.3 Å². The summed E-state index contributed by atoms with van der Waals surface area (Å²) in [6, 6.07) is 10.6. The zero-order valence-corrected chi connectivity index (χ0v) is 14.0. The van der Waals surface area contributed by atoms with Crippen LogP contribution in [0.25, 0.3) is 0 Å². The molecule has 2 aromatic heterocycles. The molecule has 0 saturated carbocycles. The second-order valence-electron chi connectivity index (χ2n) is 5.17. The predicted molar refractivity (Wildman–Crippen MR) is 93.2 cm³/mol. The first-order chi connectivity index (χ1) is 12.2. The Bertz CT molecular complexity index is 859. The molecule has 0 atom stereocenters. The Kier molecular flexibility index (Phi) is 4.94. The van der Waals surface area contributed by atoms with E-state index < -0.39 is 0 Å². The van der Waals surface area contributed by atoms with Crippen LogP contribution in [0.15, 0.2) is 55.0 Å². The number of carbonyl (C=O) groups excluding carboxylic acids is 1. The molecule has 128 valence electrons. The van der Waals surface area contributed by atoms with Gasteiger partial charge in [0.25, 0.3) is 5.91 Å². The number of pyridine rings is 1. The highest BCUT2D eigenvalue weighted by molar-refractivity contribution is 6.04. The number of hydrogen-bond donors (Lipinski definition) is 1. The number of ether oxygens (including phenoxy) is 2. The fraction of sp³-hybridized carbons (Fsp3) is 0.167. The van der Waals surface area contributed by atoms with Crippen molar-refractivity contribution < 1.29 is 14.3 Å². The molecule has 0 aliphatic rings. The molecule has 0 unspecified atom stereocenters. The van der Waals surface area contributed by atoms with Crippen molar-refractivity contribution in [1.29, 1.82) is 0 Å². The Labute approximate surface area is 145 Å². The zero-order valence-electron chi connectivity index (χ0n) is 14.0. The fourth-order valence-corrected chi connectivity index (χ4v) is 2.17. The van der Waals surface area contributed by atoms with Gasteiger partial charge < -0.3 is 14.8 Å². The SMILES string of the molecule is CCn1cc(C(=O)Nc2cccnc2Oc2ccc(OC)cc2)cn1. The molecule has 1 N–H and O–H groups in total. The summed E-state index contributed by atoms with van der Waals surface area (Å²) in [6.07, 6.45) is 4.82. The third-order valence-corrected chi connectivity index (χ3v) is 3.51. The molecule has 1 amide bonds. The van der Waals surface area contributed by atoms with Crippen LogP contribution in [0.5, 0.6) is 17.4 Å². The van der Waals surface area contributed by atoms with Crippen molar-refractivity contribution >= 4 is 11.6 Å².